The van der Waals surface area contributed by atoms with E-state index in [0.717, 1.165) is 10.5 Å². The third kappa shape index (κ3) is 4.32. The number of rotatable bonds is 5. The Morgan fingerprint density at radius 2 is 1.71 bits per heavy atom. The average Bonchev–Trinajstić information content (AvgIpc) is 2.98. The van der Waals surface area contributed by atoms with Gasteiger partial charge < -0.3 is 4.90 Å². The number of carbonyl (C=O) groups excluding carboxylic acids is 3. The number of imide groups is 2. The highest BCUT2D eigenvalue weighted by molar-refractivity contribution is 7.89. The van der Waals surface area contributed by atoms with Crippen molar-refractivity contribution in [2.75, 3.05) is 24.5 Å². The second kappa shape index (κ2) is 10.0. The Morgan fingerprint density at radius 3 is 2.40 bits per heavy atom. The molecule has 0 unspecified atom stereocenters. The zero-order valence-corrected chi connectivity index (χ0v) is 23.4. The molecule has 216 valence electrons. The summed E-state index contributed by atoms with van der Waals surface area (Å²) >= 11 is 0. The monoisotopic (exact) mass is 589 g/mol. The molecule has 3 aromatic rings. The number of sulfonamides is 1. The van der Waals surface area contributed by atoms with Crippen LogP contribution in [0.4, 0.5) is 16.2 Å². The lowest BCUT2D eigenvalue weighted by Gasteiger charge is -2.55. The number of anilines is 1. The van der Waals surface area contributed by atoms with E-state index in [-0.39, 0.29) is 43.2 Å². The van der Waals surface area contributed by atoms with Crippen molar-refractivity contribution in [3.05, 3.63) is 99.6 Å². The van der Waals surface area contributed by atoms with Crippen LogP contribution in [0.3, 0.4) is 0 Å². The van der Waals surface area contributed by atoms with Crippen molar-refractivity contribution < 1.29 is 27.7 Å². The maximum absolute atomic E-state index is 14.4. The summed E-state index contributed by atoms with van der Waals surface area (Å²) in [6.45, 7) is 1.70. The van der Waals surface area contributed by atoms with Crippen molar-refractivity contribution in [2.24, 2.45) is 5.41 Å². The van der Waals surface area contributed by atoms with Crippen molar-refractivity contribution in [3.8, 4) is 0 Å². The Morgan fingerprint density at radius 1 is 1.00 bits per heavy atom. The molecule has 3 aromatic carbocycles. The van der Waals surface area contributed by atoms with Crippen molar-refractivity contribution in [1.29, 1.82) is 0 Å². The van der Waals surface area contributed by atoms with Gasteiger partial charge in [-0.15, -0.1) is 0 Å². The summed E-state index contributed by atoms with van der Waals surface area (Å²) in [5, 5.41) is 13.9. The zero-order valence-electron chi connectivity index (χ0n) is 22.6. The van der Waals surface area contributed by atoms with Crippen LogP contribution in [0.1, 0.15) is 16.7 Å². The molecule has 0 aliphatic carbocycles. The second-order valence-electron chi connectivity index (χ2n) is 10.7. The van der Waals surface area contributed by atoms with Gasteiger partial charge in [-0.3, -0.25) is 29.9 Å². The number of carbonyl (C=O) groups is 3. The molecule has 3 heterocycles. The number of piperazine rings is 1. The first-order valence-electron chi connectivity index (χ1n) is 13.3. The normalized spacial score (nSPS) is 22.5. The molecule has 0 saturated carbocycles. The highest BCUT2D eigenvalue weighted by Gasteiger charge is 2.63. The Labute approximate surface area is 241 Å². The number of fused-ring (bicyclic) bond motifs is 4. The second-order valence-corrected chi connectivity index (χ2v) is 12.7. The minimum absolute atomic E-state index is 0.0572. The number of barbiturate groups is 1. The van der Waals surface area contributed by atoms with Crippen LogP contribution >= 0.6 is 0 Å². The van der Waals surface area contributed by atoms with E-state index < -0.39 is 44.2 Å². The van der Waals surface area contributed by atoms with Crippen LogP contribution in [0, 0.1) is 22.5 Å². The van der Waals surface area contributed by atoms with Gasteiger partial charge in [-0.2, -0.15) is 4.31 Å². The van der Waals surface area contributed by atoms with Gasteiger partial charge in [0.2, 0.25) is 21.8 Å². The summed E-state index contributed by atoms with van der Waals surface area (Å²) in [6.07, 6.45) is -0.243. The standard InChI is InChI=1S/C29H27N5O7S/c1-19-7-10-23(11-8-19)42(40,41)31-13-14-32-24-12-9-22(34(38)39)15-21(24)16-29(25(32)18-31)26(35)30-28(37)33(27(29)36)17-20-5-3-2-4-6-20/h2-12,15,25H,13-14,16-18H2,1H3,(H,30,35,37)/t25-,29-/m1/s1. The van der Waals surface area contributed by atoms with Gasteiger partial charge in [-0.05, 0) is 36.2 Å². The molecule has 4 amide bonds. The van der Waals surface area contributed by atoms with Gasteiger partial charge in [0.15, 0.2) is 5.41 Å². The highest BCUT2D eigenvalue weighted by Crippen LogP contribution is 2.47. The number of nitrogens with one attached hydrogen (secondary N) is 1. The molecule has 1 N–H and O–H groups in total. The predicted octanol–water partition coefficient (Wildman–Crippen LogP) is 2.60. The summed E-state index contributed by atoms with van der Waals surface area (Å²) < 4.78 is 28.7. The van der Waals surface area contributed by atoms with Crippen LogP contribution in [-0.4, -0.2) is 66.1 Å². The van der Waals surface area contributed by atoms with Crippen LogP contribution in [0.2, 0.25) is 0 Å². The van der Waals surface area contributed by atoms with Gasteiger partial charge >= 0.3 is 6.03 Å². The van der Waals surface area contributed by atoms with E-state index >= 15 is 0 Å². The molecule has 12 nitrogen and oxygen atoms in total. The largest absolute Gasteiger partial charge is 0.364 e. The van der Waals surface area contributed by atoms with E-state index in [2.05, 4.69) is 5.32 Å². The van der Waals surface area contributed by atoms with Crippen molar-refractivity contribution >= 4 is 39.2 Å². The topological polar surface area (TPSA) is 150 Å². The number of nitro benzene ring substituents is 1. The number of nitrogens with zero attached hydrogens (tertiary/aromatic N) is 4. The van der Waals surface area contributed by atoms with E-state index in [1.54, 1.807) is 53.4 Å². The molecule has 3 aliphatic heterocycles. The lowest BCUT2D eigenvalue weighted by molar-refractivity contribution is -0.384. The molecule has 42 heavy (non-hydrogen) atoms. The fourth-order valence-electron chi connectivity index (χ4n) is 6.14. The molecule has 2 fully saturated rings. The number of non-ortho nitro benzene ring substituents is 1. The summed E-state index contributed by atoms with van der Waals surface area (Å²) in [7, 11) is -3.99. The summed E-state index contributed by atoms with van der Waals surface area (Å²) in [6, 6.07) is 17.6. The smallest absolute Gasteiger partial charge is 0.331 e. The van der Waals surface area contributed by atoms with Gasteiger partial charge in [0.1, 0.15) is 0 Å². The number of hydrogen-bond donors (Lipinski definition) is 1. The average molecular weight is 590 g/mol. The maximum atomic E-state index is 14.4. The first-order valence-corrected chi connectivity index (χ1v) is 14.8. The summed E-state index contributed by atoms with van der Waals surface area (Å²) in [5.41, 5.74) is 0.393. The highest BCUT2D eigenvalue weighted by atomic mass is 32.2. The minimum Gasteiger partial charge on any atom is -0.364 e. The first-order chi connectivity index (χ1) is 20.0. The number of nitro groups is 1. The third-order valence-corrected chi connectivity index (χ3v) is 10.2. The Hall–Kier alpha value is -4.62. The molecule has 2 saturated heterocycles. The molecule has 1 spiro atoms. The fraction of sp³-hybridized carbons (Fsp3) is 0.276. The van der Waals surface area contributed by atoms with Crippen LogP contribution in [-0.2, 0) is 32.6 Å². The number of urea groups is 1. The van der Waals surface area contributed by atoms with Gasteiger partial charge in [0, 0.05) is 43.9 Å². The molecule has 3 aliphatic rings. The van der Waals surface area contributed by atoms with Crippen LogP contribution < -0.4 is 10.2 Å². The SMILES string of the molecule is Cc1ccc(S(=O)(=O)N2CCN3c4ccc([N+](=O)[O-])cc4C[C@]4(C(=O)NC(=O)N(Cc5ccccc5)C4=O)[C@H]3C2)cc1. The molecular weight excluding hydrogens is 562 g/mol. The zero-order chi connectivity index (χ0) is 29.8. The lowest BCUT2D eigenvalue weighted by Crippen LogP contribution is -2.75. The van der Waals surface area contributed by atoms with Crippen LogP contribution in [0.5, 0.6) is 0 Å². The Kier molecular flexibility index (Phi) is 6.58. The molecule has 6 rings (SSSR count). The number of aryl methyl sites for hydroxylation is 1. The van der Waals surface area contributed by atoms with Gasteiger partial charge in [0.25, 0.3) is 5.69 Å². The van der Waals surface area contributed by atoms with Crippen molar-refractivity contribution in [1.82, 2.24) is 14.5 Å². The fourth-order valence-corrected chi connectivity index (χ4v) is 7.57. The Bertz CT molecular complexity index is 1730. The molecule has 0 radical (unpaired) electrons. The number of benzene rings is 3. The van der Waals surface area contributed by atoms with E-state index in [4.69, 9.17) is 0 Å². The van der Waals surface area contributed by atoms with Crippen LogP contribution in [0.15, 0.2) is 77.7 Å². The van der Waals surface area contributed by atoms with E-state index in [0.29, 0.717) is 16.8 Å². The van der Waals surface area contributed by atoms with Gasteiger partial charge in [-0.25, -0.2) is 13.2 Å². The lowest BCUT2D eigenvalue weighted by atomic mass is 9.67. The molecule has 0 aromatic heterocycles. The molecule has 13 heteroatoms. The van der Waals surface area contributed by atoms with Crippen LogP contribution in [0.25, 0.3) is 0 Å². The Balaban J connectivity index is 1.46. The van der Waals surface area contributed by atoms with E-state index in [1.807, 2.05) is 6.92 Å². The molecular formula is C29H27N5O7S. The number of amides is 4. The number of hydrogen-bond acceptors (Lipinski definition) is 8. The summed E-state index contributed by atoms with van der Waals surface area (Å²) in [4.78, 5) is 55.1. The van der Waals surface area contributed by atoms with E-state index in [1.165, 1.54) is 28.6 Å². The van der Waals surface area contributed by atoms with Gasteiger partial charge in [0.05, 0.1) is 22.4 Å². The maximum Gasteiger partial charge on any atom is 0.331 e. The molecule has 2 atom stereocenters. The predicted molar refractivity (Wildman–Crippen MR) is 151 cm³/mol. The van der Waals surface area contributed by atoms with Crippen molar-refractivity contribution in [3.63, 3.8) is 0 Å². The minimum atomic E-state index is -3.99. The van der Waals surface area contributed by atoms with Crippen molar-refractivity contribution in [2.45, 2.75) is 30.8 Å². The third-order valence-electron chi connectivity index (χ3n) is 8.30. The van der Waals surface area contributed by atoms with E-state index in [9.17, 15) is 32.9 Å². The first kappa shape index (κ1) is 27.5. The molecule has 0 bridgehead atoms. The quantitative estimate of drug-likeness (QED) is 0.271. The van der Waals surface area contributed by atoms with Gasteiger partial charge in [-0.1, -0.05) is 48.0 Å². The summed E-state index contributed by atoms with van der Waals surface area (Å²) in [5.74, 6) is -1.63.